The molecule has 1 aliphatic rings. The molecule has 0 radical (unpaired) electrons. The Bertz CT molecular complexity index is 245. The number of hydrogen-bond donors (Lipinski definition) is 1. The standard InChI is InChI=1S/C14H25NO/c1-11(2)7-8-15-14(16)10-13-6-4-5-12(3)9-13/h4-5,11-13H,6-10H2,1-3H3,(H,15,16)/t12-,13-/m0/s1. The molecule has 0 aromatic carbocycles. The lowest BCUT2D eigenvalue weighted by Crippen LogP contribution is -2.28. The summed E-state index contributed by atoms with van der Waals surface area (Å²) in [6, 6.07) is 0. The number of rotatable bonds is 5. The fraction of sp³-hybridized carbons (Fsp3) is 0.786. The van der Waals surface area contributed by atoms with Crippen LogP contribution in [-0.2, 0) is 4.79 Å². The van der Waals surface area contributed by atoms with Gasteiger partial charge in [-0.1, -0.05) is 32.9 Å². The molecule has 0 aromatic heterocycles. The van der Waals surface area contributed by atoms with Crippen LogP contribution in [0, 0.1) is 17.8 Å². The molecule has 0 unspecified atom stereocenters. The summed E-state index contributed by atoms with van der Waals surface area (Å²) in [5.41, 5.74) is 0. The minimum Gasteiger partial charge on any atom is -0.356 e. The van der Waals surface area contributed by atoms with E-state index in [0.717, 1.165) is 25.8 Å². The lowest BCUT2D eigenvalue weighted by Gasteiger charge is -2.21. The Balaban J connectivity index is 2.16. The average Bonchev–Trinajstić information content (AvgIpc) is 2.16. The lowest BCUT2D eigenvalue weighted by molar-refractivity contribution is -0.122. The van der Waals surface area contributed by atoms with Crippen molar-refractivity contribution in [3.8, 4) is 0 Å². The third kappa shape index (κ3) is 5.34. The molecule has 2 nitrogen and oxygen atoms in total. The van der Waals surface area contributed by atoms with Crippen LogP contribution in [0.2, 0.25) is 0 Å². The van der Waals surface area contributed by atoms with Gasteiger partial charge in [0, 0.05) is 13.0 Å². The molecule has 1 amide bonds. The average molecular weight is 223 g/mol. The third-order valence-electron chi connectivity index (χ3n) is 3.16. The summed E-state index contributed by atoms with van der Waals surface area (Å²) < 4.78 is 0. The van der Waals surface area contributed by atoms with Gasteiger partial charge in [-0.2, -0.15) is 0 Å². The van der Waals surface area contributed by atoms with Crippen molar-refractivity contribution in [1.82, 2.24) is 5.32 Å². The monoisotopic (exact) mass is 223 g/mol. The minimum absolute atomic E-state index is 0.230. The zero-order chi connectivity index (χ0) is 12.0. The molecule has 0 saturated heterocycles. The Morgan fingerprint density at radius 3 is 2.88 bits per heavy atom. The van der Waals surface area contributed by atoms with E-state index in [4.69, 9.17) is 0 Å². The Morgan fingerprint density at radius 2 is 2.25 bits per heavy atom. The van der Waals surface area contributed by atoms with Crippen molar-refractivity contribution in [2.45, 2.75) is 46.5 Å². The van der Waals surface area contributed by atoms with Gasteiger partial charge in [-0.3, -0.25) is 4.79 Å². The van der Waals surface area contributed by atoms with E-state index in [1.165, 1.54) is 0 Å². The second-order valence-corrected chi connectivity index (χ2v) is 5.48. The van der Waals surface area contributed by atoms with Crippen LogP contribution in [0.4, 0.5) is 0 Å². The van der Waals surface area contributed by atoms with Crippen LogP contribution in [0.3, 0.4) is 0 Å². The zero-order valence-electron chi connectivity index (χ0n) is 10.8. The van der Waals surface area contributed by atoms with Gasteiger partial charge in [0.2, 0.25) is 5.91 Å². The predicted octanol–water partition coefficient (Wildman–Crippen LogP) is 3.14. The van der Waals surface area contributed by atoms with E-state index in [0.29, 0.717) is 24.2 Å². The maximum atomic E-state index is 11.7. The minimum atomic E-state index is 0.230. The van der Waals surface area contributed by atoms with E-state index in [1.807, 2.05) is 0 Å². The van der Waals surface area contributed by atoms with Gasteiger partial charge in [-0.25, -0.2) is 0 Å². The first-order chi connectivity index (χ1) is 7.58. The lowest BCUT2D eigenvalue weighted by atomic mass is 9.85. The predicted molar refractivity (Wildman–Crippen MR) is 68.1 cm³/mol. The van der Waals surface area contributed by atoms with Crippen molar-refractivity contribution in [3.05, 3.63) is 12.2 Å². The van der Waals surface area contributed by atoms with Gasteiger partial charge >= 0.3 is 0 Å². The van der Waals surface area contributed by atoms with E-state index < -0.39 is 0 Å². The molecule has 0 aliphatic heterocycles. The second kappa shape index (κ2) is 6.72. The molecular formula is C14H25NO. The topological polar surface area (TPSA) is 29.1 Å². The van der Waals surface area contributed by atoms with Crippen LogP contribution >= 0.6 is 0 Å². The fourth-order valence-electron chi connectivity index (χ4n) is 2.21. The van der Waals surface area contributed by atoms with Crippen LogP contribution in [0.25, 0.3) is 0 Å². The van der Waals surface area contributed by atoms with E-state index >= 15 is 0 Å². The maximum absolute atomic E-state index is 11.7. The number of nitrogens with one attached hydrogen (secondary N) is 1. The first kappa shape index (κ1) is 13.3. The van der Waals surface area contributed by atoms with Crippen LogP contribution in [-0.4, -0.2) is 12.5 Å². The molecule has 0 spiro atoms. The summed E-state index contributed by atoms with van der Waals surface area (Å²) in [5, 5.41) is 3.01. The van der Waals surface area contributed by atoms with E-state index in [2.05, 4.69) is 38.2 Å². The van der Waals surface area contributed by atoms with Crippen LogP contribution in [0.1, 0.15) is 46.5 Å². The first-order valence-electron chi connectivity index (χ1n) is 6.51. The van der Waals surface area contributed by atoms with E-state index in [-0.39, 0.29) is 5.91 Å². The number of allylic oxidation sites excluding steroid dienone is 2. The summed E-state index contributed by atoms with van der Waals surface area (Å²) >= 11 is 0. The molecule has 0 bridgehead atoms. The molecule has 2 heteroatoms. The molecule has 0 fully saturated rings. The summed E-state index contributed by atoms with van der Waals surface area (Å²) in [6.45, 7) is 7.41. The van der Waals surface area contributed by atoms with Crippen molar-refractivity contribution >= 4 is 5.91 Å². The molecule has 1 N–H and O–H groups in total. The highest BCUT2D eigenvalue weighted by Crippen LogP contribution is 2.25. The van der Waals surface area contributed by atoms with Gasteiger partial charge in [0.25, 0.3) is 0 Å². The van der Waals surface area contributed by atoms with Gasteiger partial charge in [0.1, 0.15) is 0 Å². The van der Waals surface area contributed by atoms with Crippen LogP contribution < -0.4 is 5.32 Å². The van der Waals surface area contributed by atoms with Crippen LogP contribution in [0.15, 0.2) is 12.2 Å². The summed E-state index contributed by atoms with van der Waals surface area (Å²) in [7, 11) is 0. The highest BCUT2D eigenvalue weighted by atomic mass is 16.1. The number of hydrogen-bond acceptors (Lipinski definition) is 1. The third-order valence-corrected chi connectivity index (χ3v) is 3.16. The molecule has 2 atom stereocenters. The van der Waals surface area contributed by atoms with E-state index in [9.17, 15) is 4.79 Å². The van der Waals surface area contributed by atoms with E-state index in [1.54, 1.807) is 0 Å². The SMILES string of the molecule is CC(C)CCNC(=O)C[C@H]1CC=C[C@H](C)C1. The normalized spacial score (nSPS) is 24.8. The highest BCUT2D eigenvalue weighted by molar-refractivity contribution is 5.76. The zero-order valence-corrected chi connectivity index (χ0v) is 10.8. The quantitative estimate of drug-likeness (QED) is 0.713. The Morgan fingerprint density at radius 1 is 1.50 bits per heavy atom. The molecule has 0 saturated carbocycles. The maximum Gasteiger partial charge on any atom is 0.220 e. The van der Waals surface area contributed by atoms with Crippen LogP contribution in [0.5, 0.6) is 0 Å². The van der Waals surface area contributed by atoms with Gasteiger partial charge in [-0.05, 0) is 37.0 Å². The highest BCUT2D eigenvalue weighted by Gasteiger charge is 2.17. The Hall–Kier alpha value is -0.790. The summed E-state index contributed by atoms with van der Waals surface area (Å²) in [4.78, 5) is 11.7. The van der Waals surface area contributed by atoms with Gasteiger partial charge in [0.15, 0.2) is 0 Å². The second-order valence-electron chi connectivity index (χ2n) is 5.48. The molecule has 16 heavy (non-hydrogen) atoms. The molecular weight excluding hydrogens is 198 g/mol. The fourth-order valence-corrected chi connectivity index (χ4v) is 2.21. The van der Waals surface area contributed by atoms with Gasteiger partial charge in [0.05, 0.1) is 0 Å². The number of carbonyl (C=O) groups excluding carboxylic acids is 1. The molecule has 0 aromatic rings. The Labute approximate surface area is 99.5 Å². The van der Waals surface area contributed by atoms with Crippen molar-refractivity contribution in [2.75, 3.05) is 6.54 Å². The number of carbonyl (C=O) groups is 1. The van der Waals surface area contributed by atoms with Gasteiger partial charge < -0.3 is 5.32 Å². The smallest absolute Gasteiger partial charge is 0.220 e. The summed E-state index contributed by atoms with van der Waals surface area (Å²) in [6.07, 6.45) is 8.49. The van der Waals surface area contributed by atoms with Crippen molar-refractivity contribution in [2.24, 2.45) is 17.8 Å². The molecule has 0 heterocycles. The molecule has 1 aliphatic carbocycles. The number of amides is 1. The Kier molecular flexibility index (Phi) is 5.58. The van der Waals surface area contributed by atoms with Crippen molar-refractivity contribution in [1.29, 1.82) is 0 Å². The van der Waals surface area contributed by atoms with Gasteiger partial charge in [-0.15, -0.1) is 0 Å². The van der Waals surface area contributed by atoms with Crippen molar-refractivity contribution < 1.29 is 4.79 Å². The molecule has 92 valence electrons. The molecule has 1 rings (SSSR count). The first-order valence-corrected chi connectivity index (χ1v) is 6.51. The largest absolute Gasteiger partial charge is 0.356 e. The van der Waals surface area contributed by atoms with Crippen molar-refractivity contribution in [3.63, 3.8) is 0 Å². The summed E-state index contributed by atoms with van der Waals surface area (Å²) in [5.74, 6) is 2.09.